The first-order chi connectivity index (χ1) is 11.8. The molecular formula is C16H25N7O. The van der Waals surface area contributed by atoms with Gasteiger partial charge in [-0.3, -0.25) is 4.90 Å². The summed E-state index contributed by atoms with van der Waals surface area (Å²) >= 11 is 0. The number of nitrogens with zero attached hydrogens (tertiary/aromatic N) is 6. The Morgan fingerprint density at radius 3 is 2.79 bits per heavy atom. The Kier molecular flexibility index (Phi) is 4.57. The molecule has 0 amide bonds. The van der Waals surface area contributed by atoms with E-state index in [2.05, 4.69) is 30.8 Å². The lowest BCUT2D eigenvalue weighted by atomic mass is 9.73. The summed E-state index contributed by atoms with van der Waals surface area (Å²) in [7, 11) is 0. The van der Waals surface area contributed by atoms with E-state index in [1.807, 2.05) is 12.1 Å². The topological polar surface area (TPSA) is 80.5 Å². The van der Waals surface area contributed by atoms with Crippen LogP contribution in [0.15, 0.2) is 12.1 Å². The summed E-state index contributed by atoms with van der Waals surface area (Å²) in [6.45, 7) is 5.93. The zero-order valence-electron chi connectivity index (χ0n) is 14.0. The fourth-order valence-corrected chi connectivity index (χ4v) is 3.95. The summed E-state index contributed by atoms with van der Waals surface area (Å²) < 4.78 is 6.97. The van der Waals surface area contributed by atoms with Crippen molar-refractivity contribution in [1.82, 2.24) is 30.2 Å². The summed E-state index contributed by atoms with van der Waals surface area (Å²) in [5, 5.41) is 19.4. The lowest BCUT2D eigenvalue weighted by Crippen LogP contribution is -2.47. The van der Waals surface area contributed by atoms with Gasteiger partial charge in [-0.25, -0.2) is 0 Å². The van der Waals surface area contributed by atoms with Crippen LogP contribution < -0.4 is 5.32 Å². The largest absolute Gasteiger partial charge is 0.379 e. The molecule has 130 valence electrons. The molecule has 0 atom stereocenters. The van der Waals surface area contributed by atoms with Gasteiger partial charge in [0.25, 0.3) is 0 Å². The van der Waals surface area contributed by atoms with Gasteiger partial charge in [-0.15, -0.1) is 14.8 Å². The van der Waals surface area contributed by atoms with Gasteiger partial charge in [0.1, 0.15) is 5.82 Å². The van der Waals surface area contributed by atoms with Crippen molar-refractivity contribution in [3.05, 3.63) is 12.1 Å². The van der Waals surface area contributed by atoms with Crippen LogP contribution in [0.2, 0.25) is 0 Å². The monoisotopic (exact) mass is 331 g/mol. The van der Waals surface area contributed by atoms with Gasteiger partial charge in [-0.1, -0.05) is 19.3 Å². The van der Waals surface area contributed by atoms with Gasteiger partial charge >= 0.3 is 0 Å². The Morgan fingerprint density at radius 2 is 1.96 bits per heavy atom. The van der Waals surface area contributed by atoms with Crippen molar-refractivity contribution < 1.29 is 4.74 Å². The van der Waals surface area contributed by atoms with Gasteiger partial charge in [0.05, 0.1) is 13.2 Å². The fraction of sp³-hybridized carbons (Fsp3) is 0.750. The molecule has 1 saturated carbocycles. The van der Waals surface area contributed by atoms with Gasteiger partial charge < -0.3 is 10.1 Å². The molecule has 4 rings (SSSR count). The first-order valence-corrected chi connectivity index (χ1v) is 8.93. The first kappa shape index (κ1) is 15.7. The number of hydrogen-bond acceptors (Lipinski definition) is 7. The van der Waals surface area contributed by atoms with E-state index in [4.69, 9.17) is 4.74 Å². The molecule has 2 fully saturated rings. The summed E-state index contributed by atoms with van der Waals surface area (Å²) in [6, 6.07) is 3.85. The van der Waals surface area contributed by atoms with Crippen LogP contribution in [0.5, 0.6) is 0 Å². The van der Waals surface area contributed by atoms with Crippen molar-refractivity contribution in [1.29, 1.82) is 0 Å². The second-order valence-corrected chi connectivity index (χ2v) is 7.05. The second kappa shape index (κ2) is 6.98. The predicted octanol–water partition coefficient (Wildman–Crippen LogP) is 1.21. The molecule has 8 nitrogen and oxygen atoms in total. The van der Waals surface area contributed by atoms with Crippen molar-refractivity contribution in [3.8, 4) is 0 Å². The Labute approximate surface area is 141 Å². The van der Waals surface area contributed by atoms with E-state index in [1.54, 1.807) is 0 Å². The summed E-state index contributed by atoms with van der Waals surface area (Å²) in [5.74, 6) is 0.835. The summed E-state index contributed by atoms with van der Waals surface area (Å²) in [5.41, 5.74) is 0.994. The third kappa shape index (κ3) is 3.49. The van der Waals surface area contributed by atoms with Crippen molar-refractivity contribution >= 4 is 11.5 Å². The minimum absolute atomic E-state index is 0.326. The highest BCUT2D eigenvalue weighted by molar-refractivity contribution is 5.42. The lowest BCUT2D eigenvalue weighted by Gasteiger charge is -2.42. The number of ether oxygens (including phenoxy) is 1. The fourth-order valence-electron chi connectivity index (χ4n) is 3.95. The minimum atomic E-state index is 0.326. The zero-order valence-corrected chi connectivity index (χ0v) is 14.0. The molecule has 0 unspecified atom stereocenters. The third-order valence-corrected chi connectivity index (χ3v) is 5.29. The van der Waals surface area contributed by atoms with E-state index >= 15 is 0 Å². The lowest BCUT2D eigenvalue weighted by molar-refractivity contribution is 0.0102. The molecule has 0 aromatic carbocycles. The Bertz CT molecular complexity index is 661. The predicted molar refractivity (Wildman–Crippen MR) is 89.8 cm³/mol. The van der Waals surface area contributed by atoms with Crippen molar-refractivity contribution in [2.24, 2.45) is 5.41 Å². The quantitative estimate of drug-likeness (QED) is 0.882. The van der Waals surface area contributed by atoms with E-state index in [9.17, 15) is 0 Å². The molecule has 1 saturated heterocycles. The van der Waals surface area contributed by atoms with E-state index in [1.165, 1.54) is 36.7 Å². The SMILES string of the molecule is c1cc2nnnn2nc1NCC1(CN2CCOCC2)CCCCC1. The highest BCUT2D eigenvalue weighted by Gasteiger charge is 2.34. The Balaban J connectivity index is 1.44. The van der Waals surface area contributed by atoms with Crippen LogP contribution >= 0.6 is 0 Å². The van der Waals surface area contributed by atoms with Crippen LogP contribution in [0.4, 0.5) is 5.82 Å². The molecule has 3 heterocycles. The van der Waals surface area contributed by atoms with E-state index in [0.29, 0.717) is 11.1 Å². The molecule has 1 aliphatic heterocycles. The first-order valence-electron chi connectivity index (χ1n) is 8.93. The maximum atomic E-state index is 5.50. The number of fused-ring (bicyclic) bond motifs is 1. The number of aromatic nitrogens is 5. The number of nitrogens with one attached hydrogen (secondary N) is 1. The van der Waals surface area contributed by atoms with Crippen LogP contribution in [-0.4, -0.2) is 69.5 Å². The standard InChI is InChI=1S/C16H25N7O/c1-2-6-16(7-3-1,13-22-8-10-24-11-9-22)12-17-14-4-5-15-18-20-21-23(15)19-14/h4-5H,1-3,6-13H2,(H,17,19). The maximum absolute atomic E-state index is 5.50. The van der Waals surface area contributed by atoms with Gasteiger partial charge in [0.2, 0.25) is 0 Å². The van der Waals surface area contributed by atoms with Gasteiger partial charge in [0, 0.05) is 31.6 Å². The second-order valence-electron chi connectivity index (χ2n) is 7.05. The Morgan fingerprint density at radius 1 is 1.12 bits per heavy atom. The molecule has 0 radical (unpaired) electrons. The summed E-state index contributed by atoms with van der Waals surface area (Å²) in [4.78, 5) is 2.56. The van der Waals surface area contributed by atoms with E-state index < -0.39 is 0 Å². The molecule has 0 spiro atoms. The number of morpholine rings is 1. The molecule has 24 heavy (non-hydrogen) atoms. The highest BCUT2D eigenvalue weighted by atomic mass is 16.5. The van der Waals surface area contributed by atoms with Crippen molar-refractivity contribution in [2.45, 2.75) is 32.1 Å². The maximum Gasteiger partial charge on any atom is 0.200 e. The smallest absolute Gasteiger partial charge is 0.200 e. The normalized spacial score (nSPS) is 21.8. The van der Waals surface area contributed by atoms with Crippen molar-refractivity contribution in [2.75, 3.05) is 44.7 Å². The average molecular weight is 331 g/mol. The molecule has 0 bridgehead atoms. The van der Waals surface area contributed by atoms with E-state index in [0.717, 1.165) is 45.2 Å². The number of anilines is 1. The average Bonchev–Trinajstić information content (AvgIpc) is 3.09. The van der Waals surface area contributed by atoms with Crippen LogP contribution in [0.1, 0.15) is 32.1 Å². The molecule has 2 aromatic rings. The van der Waals surface area contributed by atoms with Crippen LogP contribution in [-0.2, 0) is 4.74 Å². The number of hydrogen-bond donors (Lipinski definition) is 1. The van der Waals surface area contributed by atoms with E-state index in [-0.39, 0.29) is 0 Å². The van der Waals surface area contributed by atoms with Crippen LogP contribution in [0.3, 0.4) is 0 Å². The van der Waals surface area contributed by atoms with Gasteiger partial charge in [-0.2, -0.15) is 0 Å². The Hall–Kier alpha value is -1.80. The number of tetrazole rings is 1. The molecule has 1 N–H and O–H groups in total. The molecule has 8 heteroatoms. The van der Waals surface area contributed by atoms with Gasteiger partial charge in [-0.05, 0) is 35.4 Å². The van der Waals surface area contributed by atoms with Crippen LogP contribution in [0, 0.1) is 5.41 Å². The summed E-state index contributed by atoms with van der Waals surface area (Å²) in [6.07, 6.45) is 6.58. The van der Waals surface area contributed by atoms with Crippen LogP contribution in [0.25, 0.3) is 5.65 Å². The minimum Gasteiger partial charge on any atom is -0.379 e. The molecule has 2 aromatic heterocycles. The number of rotatable bonds is 5. The van der Waals surface area contributed by atoms with Gasteiger partial charge in [0.15, 0.2) is 5.65 Å². The zero-order chi connectivity index (χ0) is 16.2. The molecule has 2 aliphatic rings. The highest BCUT2D eigenvalue weighted by Crippen LogP contribution is 2.37. The third-order valence-electron chi connectivity index (χ3n) is 5.29. The molecule has 1 aliphatic carbocycles. The molecular weight excluding hydrogens is 306 g/mol. The van der Waals surface area contributed by atoms with Crippen molar-refractivity contribution in [3.63, 3.8) is 0 Å².